The van der Waals surface area contributed by atoms with Crippen molar-refractivity contribution in [3.8, 4) is 5.75 Å². The van der Waals surface area contributed by atoms with Gasteiger partial charge in [0, 0.05) is 18.6 Å². The van der Waals surface area contributed by atoms with Crippen LogP contribution >= 0.6 is 0 Å². The molecule has 3 heteroatoms. The molecule has 1 N–H and O–H groups in total. The molecule has 0 bridgehead atoms. The van der Waals surface area contributed by atoms with E-state index < -0.39 is 0 Å². The lowest BCUT2D eigenvalue weighted by Gasteiger charge is -2.35. The number of hydrogen-bond acceptors (Lipinski definition) is 3. The SMILES string of the molecule is CCOc1ccccc1N1CCCNC2(CCCC2)C1. The number of ether oxygens (including phenoxy) is 1. The van der Waals surface area contributed by atoms with Crippen molar-refractivity contribution in [3.63, 3.8) is 0 Å². The Bertz CT molecular complexity index is 440. The van der Waals surface area contributed by atoms with Crippen molar-refractivity contribution in [2.24, 2.45) is 0 Å². The predicted molar refractivity (Wildman–Crippen MR) is 83.6 cm³/mol. The third kappa shape index (κ3) is 2.78. The van der Waals surface area contributed by atoms with Crippen molar-refractivity contribution in [2.75, 3.05) is 31.1 Å². The van der Waals surface area contributed by atoms with Gasteiger partial charge in [-0.05, 0) is 44.9 Å². The number of benzene rings is 1. The molecule has 0 unspecified atom stereocenters. The molecule has 1 saturated carbocycles. The number of nitrogens with one attached hydrogen (secondary N) is 1. The van der Waals surface area contributed by atoms with Crippen LogP contribution in [0.3, 0.4) is 0 Å². The second-order valence-electron chi connectivity index (χ2n) is 6.09. The smallest absolute Gasteiger partial charge is 0.142 e. The van der Waals surface area contributed by atoms with Gasteiger partial charge in [0.05, 0.1) is 12.3 Å². The largest absolute Gasteiger partial charge is 0.492 e. The molecule has 1 spiro atoms. The van der Waals surface area contributed by atoms with E-state index in [1.54, 1.807) is 0 Å². The summed E-state index contributed by atoms with van der Waals surface area (Å²) in [5, 5.41) is 3.83. The molecule has 1 aromatic carbocycles. The summed E-state index contributed by atoms with van der Waals surface area (Å²) < 4.78 is 5.82. The molecule has 0 amide bonds. The number of hydrogen-bond donors (Lipinski definition) is 1. The van der Waals surface area contributed by atoms with E-state index in [-0.39, 0.29) is 0 Å². The second-order valence-corrected chi connectivity index (χ2v) is 6.09. The summed E-state index contributed by atoms with van der Waals surface area (Å²) in [7, 11) is 0. The number of rotatable bonds is 3. The summed E-state index contributed by atoms with van der Waals surface area (Å²) in [6, 6.07) is 8.49. The standard InChI is InChI=1S/C17H26N2O/c1-2-20-16-9-4-3-8-15(16)19-13-7-12-18-17(14-19)10-5-6-11-17/h3-4,8-9,18H,2,5-7,10-14H2,1H3. The van der Waals surface area contributed by atoms with Gasteiger partial charge < -0.3 is 15.0 Å². The van der Waals surface area contributed by atoms with Crippen molar-refractivity contribution < 1.29 is 4.74 Å². The summed E-state index contributed by atoms with van der Waals surface area (Å²) in [5.74, 6) is 1.03. The molecule has 1 aliphatic carbocycles. The molecule has 3 nitrogen and oxygen atoms in total. The van der Waals surface area contributed by atoms with Crippen LogP contribution in [0.2, 0.25) is 0 Å². The normalized spacial score (nSPS) is 21.9. The topological polar surface area (TPSA) is 24.5 Å². The van der Waals surface area contributed by atoms with Crippen LogP contribution in [-0.2, 0) is 0 Å². The molecule has 1 heterocycles. The van der Waals surface area contributed by atoms with Crippen LogP contribution in [-0.4, -0.2) is 31.8 Å². The highest BCUT2D eigenvalue weighted by Gasteiger charge is 2.36. The van der Waals surface area contributed by atoms with E-state index in [0.29, 0.717) is 5.54 Å². The highest BCUT2D eigenvalue weighted by atomic mass is 16.5. The molecule has 2 fully saturated rings. The third-order valence-electron chi connectivity index (χ3n) is 4.66. The van der Waals surface area contributed by atoms with Crippen LogP contribution in [0.1, 0.15) is 39.0 Å². The summed E-state index contributed by atoms with van der Waals surface area (Å²) in [6.07, 6.45) is 6.59. The van der Waals surface area contributed by atoms with E-state index in [1.807, 2.05) is 0 Å². The zero-order valence-corrected chi connectivity index (χ0v) is 12.5. The lowest BCUT2D eigenvalue weighted by atomic mass is 9.97. The summed E-state index contributed by atoms with van der Waals surface area (Å²) in [6.45, 7) is 6.18. The van der Waals surface area contributed by atoms with Gasteiger partial charge in [-0.1, -0.05) is 25.0 Å². The summed E-state index contributed by atoms with van der Waals surface area (Å²) >= 11 is 0. The molecule has 3 rings (SSSR count). The lowest BCUT2D eigenvalue weighted by molar-refractivity contribution is 0.335. The zero-order chi connectivity index (χ0) is 13.8. The van der Waals surface area contributed by atoms with Gasteiger partial charge in [-0.25, -0.2) is 0 Å². The summed E-state index contributed by atoms with van der Waals surface area (Å²) in [4.78, 5) is 2.54. The van der Waals surface area contributed by atoms with E-state index in [9.17, 15) is 0 Å². The zero-order valence-electron chi connectivity index (χ0n) is 12.5. The first-order chi connectivity index (χ1) is 9.83. The minimum atomic E-state index is 0.343. The van der Waals surface area contributed by atoms with Gasteiger partial charge in [0.15, 0.2) is 0 Å². The lowest BCUT2D eigenvalue weighted by Crippen LogP contribution is -2.49. The van der Waals surface area contributed by atoms with Crippen LogP contribution in [0.15, 0.2) is 24.3 Å². The molecule has 2 aliphatic rings. The van der Waals surface area contributed by atoms with Gasteiger partial charge in [0.1, 0.15) is 5.75 Å². The van der Waals surface area contributed by atoms with Crippen LogP contribution in [0.25, 0.3) is 0 Å². The van der Waals surface area contributed by atoms with Gasteiger partial charge in [0.25, 0.3) is 0 Å². The molecule has 0 aromatic heterocycles. The van der Waals surface area contributed by atoms with Gasteiger partial charge in [-0.15, -0.1) is 0 Å². The molecule has 0 atom stereocenters. The Balaban J connectivity index is 1.84. The van der Waals surface area contributed by atoms with Gasteiger partial charge in [-0.3, -0.25) is 0 Å². The quantitative estimate of drug-likeness (QED) is 0.916. The minimum Gasteiger partial charge on any atom is -0.492 e. The first-order valence-electron chi connectivity index (χ1n) is 8.05. The number of anilines is 1. The van der Waals surface area contributed by atoms with Crippen LogP contribution in [0, 0.1) is 0 Å². The molecule has 0 radical (unpaired) electrons. The maximum absolute atomic E-state index is 5.82. The fraction of sp³-hybridized carbons (Fsp3) is 0.647. The van der Waals surface area contributed by atoms with Gasteiger partial charge in [0.2, 0.25) is 0 Å². The summed E-state index contributed by atoms with van der Waals surface area (Å²) in [5.41, 5.74) is 1.61. The second kappa shape index (κ2) is 6.04. The number of para-hydroxylation sites is 2. The maximum Gasteiger partial charge on any atom is 0.142 e. The first-order valence-corrected chi connectivity index (χ1v) is 8.05. The highest BCUT2D eigenvalue weighted by Crippen LogP contribution is 2.36. The van der Waals surface area contributed by atoms with Crippen molar-refractivity contribution in [1.29, 1.82) is 0 Å². The molecule has 20 heavy (non-hydrogen) atoms. The highest BCUT2D eigenvalue weighted by molar-refractivity contribution is 5.59. The van der Waals surface area contributed by atoms with E-state index >= 15 is 0 Å². The molecular formula is C17H26N2O. The van der Waals surface area contributed by atoms with Crippen molar-refractivity contribution in [3.05, 3.63) is 24.3 Å². The van der Waals surface area contributed by atoms with Crippen molar-refractivity contribution in [1.82, 2.24) is 5.32 Å². The average molecular weight is 274 g/mol. The Labute approximate surface area is 122 Å². The Morgan fingerprint density at radius 3 is 2.80 bits per heavy atom. The average Bonchev–Trinajstić information content (AvgIpc) is 2.81. The molecule has 1 saturated heterocycles. The van der Waals surface area contributed by atoms with Crippen LogP contribution in [0.4, 0.5) is 5.69 Å². The van der Waals surface area contributed by atoms with Crippen LogP contribution < -0.4 is 15.0 Å². The van der Waals surface area contributed by atoms with Crippen molar-refractivity contribution in [2.45, 2.75) is 44.6 Å². The maximum atomic E-state index is 5.82. The predicted octanol–water partition coefficient (Wildman–Crippen LogP) is 3.20. The monoisotopic (exact) mass is 274 g/mol. The van der Waals surface area contributed by atoms with Crippen molar-refractivity contribution >= 4 is 5.69 Å². The third-order valence-corrected chi connectivity index (χ3v) is 4.66. The first kappa shape index (κ1) is 13.7. The Kier molecular flexibility index (Phi) is 4.16. The van der Waals surface area contributed by atoms with E-state index in [2.05, 4.69) is 41.4 Å². The van der Waals surface area contributed by atoms with E-state index in [4.69, 9.17) is 4.74 Å². The van der Waals surface area contributed by atoms with Gasteiger partial charge >= 0.3 is 0 Å². The molecule has 1 aromatic rings. The molecule has 1 aliphatic heterocycles. The Morgan fingerprint density at radius 2 is 2.00 bits per heavy atom. The Morgan fingerprint density at radius 1 is 1.20 bits per heavy atom. The van der Waals surface area contributed by atoms with Gasteiger partial charge in [-0.2, -0.15) is 0 Å². The molecular weight excluding hydrogens is 248 g/mol. The fourth-order valence-corrected chi connectivity index (χ4v) is 3.71. The molecule has 110 valence electrons. The van der Waals surface area contributed by atoms with E-state index in [0.717, 1.165) is 32.0 Å². The minimum absolute atomic E-state index is 0.343. The number of nitrogens with zero attached hydrogens (tertiary/aromatic N) is 1. The van der Waals surface area contributed by atoms with E-state index in [1.165, 1.54) is 37.8 Å². The Hall–Kier alpha value is -1.22. The fourth-order valence-electron chi connectivity index (χ4n) is 3.71. The van der Waals surface area contributed by atoms with Crippen LogP contribution in [0.5, 0.6) is 5.75 Å².